The van der Waals surface area contributed by atoms with Crippen LogP contribution in [0.2, 0.25) is 5.02 Å². The van der Waals surface area contributed by atoms with E-state index in [1.165, 1.54) is 0 Å². The van der Waals surface area contributed by atoms with Crippen LogP contribution in [0.3, 0.4) is 0 Å². The fourth-order valence-electron chi connectivity index (χ4n) is 1.85. The Morgan fingerprint density at radius 2 is 1.81 bits per heavy atom. The van der Waals surface area contributed by atoms with Crippen LogP contribution in [0.4, 0.5) is 5.69 Å². The number of halogens is 2. The summed E-state index contributed by atoms with van der Waals surface area (Å²) in [5, 5.41) is 0.863. The Morgan fingerprint density at radius 3 is 2.52 bits per heavy atom. The molecule has 1 aromatic heterocycles. The number of nitrogens with zero attached hydrogens (tertiary/aromatic N) is 1. The van der Waals surface area contributed by atoms with E-state index in [2.05, 4.69) is 21.4 Å². The van der Waals surface area contributed by atoms with Crippen molar-refractivity contribution in [1.29, 1.82) is 0 Å². The van der Waals surface area contributed by atoms with Crippen molar-refractivity contribution in [3.63, 3.8) is 0 Å². The van der Waals surface area contributed by atoms with E-state index in [0.29, 0.717) is 16.1 Å². The Balaban J connectivity index is 2.14. The Kier molecular flexibility index (Phi) is 3.57. The predicted molar refractivity (Wildman–Crippen MR) is 84.9 cm³/mol. The highest BCUT2D eigenvalue weighted by atomic mass is 79.9. The van der Waals surface area contributed by atoms with Gasteiger partial charge in [0.05, 0.1) is 11.1 Å². The predicted octanol–water partition coefficient (Wildman–Crippen LogP) is 3.25. The van der Waals surface area contributed by atoms with Crippen molar-refractivity contribution in [3.05, 3.63) is 72.9 Å². The van der Waals surface area contributed by atoms with Gasteiger partial charge in [-0.2, -0.15) is 0 Å². The molecular formula is C14H8BrClN2O3. The van der Waals surface area contributed by atoms with Gasteiger partial charge in [-0.1, -0.05) is 27.5 Å². The SMILES string of the molecule is O=c1oc2cc(Br)ccc2c(=O)n1Nc1ccc(Cl)cc1. The van der Waals surface area contributed by atoms with Gasteiger partial charge in [0.2, 0.25) is 0 Å². The van der Waals surface area contributed by atoms with Crippen LogP contribution >= 0.6 is 27.5 Å². The molecule has 2 aromatic carbocycles. The molecule has 5 nitrogen and oxygen atoms in total. The molecule has 106 valence electrons. The first-order valence-corrected chi connectivity index (χ1v) is 7.10. The molecule has 0 atom stereocenters. The van der Waals surface area contributed by atoms with Gasteiger partial charge in [-0.05, 0) is 42.5 Å². The molecule has 0 amide bonds. The van der Waals surface area contributed by atoms with Crippen molar-refractivity contribution >= 4 is 44.2 Å². The van der Waals surface area contributed by atoms with E-state index in [1.54, 1.807) is 42.5 Å². The van der Waals surface area contributed by atoms with Gasteiger partial charge in [0.15, 0.2) is 0 Å². The maximum atomic E-state index is 12.3. The van der Waals surface area contributed by atoms with E-state index in [1.807, 2.05) is 0 Å². The maximum Gasteiger partial charge on any atom is 0.441 e. The summed E-state index contributed by atoms with van der Waals surface area (Å²) in [5.41, 5.74) is 3.00. The zero-order valence-electron chi connectivity index (χ0n) is 10.5. The lowest BCUT2D eigenvalue weighted by Crippen LogP contribution is -2.37. The summed E-state index contributed by atoms with van der Waals surface area (Å²) in [7, 11) is 0. The molecule has 21 heavy (non-hydrogen) atoms. The van der Waals surface area contributed by atoms with E-state index in [4.69, 9.17) is 16.0 Å². The molecule has 3 rings (SSSR count). The van der Waals surface area contributed by atoms with Crippen LogP contribution in [0.1, 0.15) is 0 Å². The summed E-state index contributed by atoms with van der Waals surface area (Å²) in [6.07, 6.45) is 0. The normalized spacial score (nSPS) is 10.8. The summed E-state index contributed by atoms with van der Waals surface area (Å²) >= 11 is 9.05. The van der Waals surface area contributed by atoms with Crippen LogP contribution < -0.4 is 16.7 Å². The highest BCUT2D eigenvalue weighted by molar-refractivity contribution is 9.10. The van der Waals surface area contributed by atoms with E-state index in [-0.39, 0.29) is 5.58 Å². The molecule has 0 bridgehead atoms. The fraction of sp³-hybridized carbons (Fsp3) is 0. The van der Waals surface area contributed by atoms with Crippen molar-refractivity contribution in [2.45, 2.75) is 0 Å². The lowest BCUT2D eigenvalue weighted by atomic mass is 10.2. The molecule has 3 aromatic rings. The monoisotopic (exact) mass is 366 g/mol. The number of fused-ring (bicyclic) bond motifs is 1. The van der Waals surface area contributed by atoms with Gasteiger partial charge in [0.1, 0.15) is 5.58 Å². The molecule has 0 radical (unpaired) electrons. The lowest BCUT2D eigenvalue weighted by Gasteiger charge is -2.08. The van der Waals surface area contributed by atoms with Crippen molar-refractivity contribution in [1.82, 2.24) is 4.68 Å². The first-order chi connectivity index (χ1) is 10.0. The summed E-state index contributed by atoms with van der Waals surface area (Å²) in [4.78, 5) is 24.3. The number of benzene rings is 2. The van der Waals surface area contributed by atoms with Gasteiger partial charge in [-0.3, -0.25) is 10.2 Å². The minimum absolute atomic E-state index is 0.230. The third-order valence-electron chi connectivity index (χ3n) is 2.84. The quantitative estimate of drug-likeness (QED) is 0.755. The molecule has 0 spiro atoms. The van der Waals surface area contributed by atoms with Gasteiger partial charge >= 0.3 is 5.76 Å². The smallest absolute Gasteiger partial charge is 0.408 e. The zero-order chi connectivity index (χ0) is 15.0. The highest BCUT2D eigenvalue weighted by Gasteiger charge is 2.10. The highest BCUT2D eigenvalue weighted by Crippen LogP contribution is 2.16. The largest absolute Gasteiger partial charge is 0.441 e. The summed E-state index contributed by atoms with van der Waals surface area (Å²) in [6, 6.07) is 11.5. The number of nitrogens with one attached hydrogen (secondary N) is 1. The molecule has 0 aliphatic heterocycles. The molecular weight excluding hydrogens is 360 g/mol. The summed E-state index contributed by atoms with van der Waals surface area (Å²) in [5.74, 6) is -0.791. The third kappa shape index (κ3) is 2.72. The molecule has 7 heteroatoms. The van der Waals surface area contributed by atoms with Gasteiger partial charge in [-0.25, -0.2) is 4.79 Å². The molecule has 0 unspecified atom stereocenters. The third-order valence-corrected chi connectivity index (χ3v) is 3.59. The second kappa shape index (κ2) is 5.38. The van der Waals surface area contributed by atoms with Crippen molar-refractivity contribution in [2.24, 2.45) is 0 Å². The first-order valence-electron chi connectivity index (χ1n) is 5.92. The first kappa shape index (κ1) is 13.9. The Hall–Kier alpha value is -2.05. The topological polar surface area (TPSA) is 64.2 Å². The van der Waals surface area contributed by atoms with Crippen LogP contribution in [0.5, 0.6) is 0 Å². The molecule has 0 aliphatic rings. The van der Waals surface area contributed by atoms with E-state index < -0.39 is 11.3 Å². The van der Waals surface area contributed by atoms with Gasteiger partial charge in [0, 0.05) is 9.50 Å². The lowest BCUT2D eigenvalue weighted by molar-refractivity contribution is 0.492. The molecule has 0 fully saturated rings. The average Bonchev–Trinajstić information content (AvgIpc) is 2.45. The maximum absolute atomic E-state index is 12.3. The van der Waals surface area contributed by atoms with E-state index in [0.717, 1.165) is 9.15 Å². The summed E-state index contributed by atoms with van der Waals surface area (Å²) in [6.45, 7) is 0. The molecule has 1 heterocycles. The Bertz CT molecular complexity index is 932. The van der Waals surface area contributed by atoms with Gasteiger partial charge < -0.3 is 4.42 Å². The number of hydrogen-bond acceptors (Lipinski definition) is 4. The van der Waals surface area contributed by atoms with Gasteiger partial charge in [0.25, 0.3) is 5.56 Å². The second-order valence-electron chi connectivity index (χ2n) is 4.27. The van der Waals surface area contributed by atoms with E-state index >= 15 is 0 Å². The van der Waals surface area contributed by atoms with Crippen molar-refractivity contribution < 1.29 is 4.42 Å². The second-order valence-corrected chi connectivity index (χ2v) is 5.62. The molecule has 1 N–H and O–H groups in total. The number of rotatable bonds is 2. The van der Waals surface area contributed by atoms with Crippen LogP contribution in [0, 0.1) is 0 Å². The van der Waals surface area contributed by atoms with Crippen LogP contribution in [0.15, 0.2) is 60.9 Å². The number of hydrogen-bond donors (Lipinski definition) is 1. The van der Waals surface area contributed by atoms with Crippen molar-refractivity contribution in [3.8, 4) is 0 Å². The number of aromatic nitrogens is 1. The minimum Gasteiger partial charge on any atom is -0.408 e. The Morgan fingerprint density at radius 1 is 1.10 bits per heavy atom. The van der Waals surface area contributed by atoms with Crippen molar-refractivity contribution in [2.75, 3.05) is 5.43 Å². The Labute approximate surface area is 131 Å². The molecule has 0 saturated heterocycles. The standard InChI is InChI=1S/C14H8BrClN2O3/c15-8-1-6-11-12(7-8)21-14(20)18(13(11)19)17-10-4-2-9(16)3-5-10/h1-7,17H. The average molecular weight is 368 g/mol. The van der Waals surface area contributed by atoms with E-state index in [9.17, 15) is 9.59 Å². The summed E-state index contributed by atoms with van der Waals surface area (Å²) < 4.78 is 6.68. The van der Waals surface area contributed by atoms with Crippen LogP contribution in [-0.2, 0) is 0 Å². The van der Waals surface area contributed by atoms with Crippen LogP contribution in [0.25, 0.3) is 11.0 Å². The minimum atomic E-state index is -0.791. The molecule has 0 saturated carbocycles. The zero-order valence-corrected chi connectivity index (χ0v) is 12.8. The fourth-order valence-corrected chi connectivity index (χ4v) is 2.32. The number of anilines is 1. The molecule has 0 aliphatic carbocycles. The van der Waals surface area contributed by atoms with Gasteiger partial charge in [-0.15, -0.1) is 4.68 Å². The van der Waals surface area contributed by atoms with Crippen LogP contribution in [-0.4, -0.2) is 4.68 Å².